The van der Waals surface area contributed by atoms with Gasteiger partial charge in [0.1, 0.15) is 5.54 Å². The predicted molar refractivity (Wildman–Crippen MR) is 126 cm³/mol. The first-order chi connectivity index (χ1) is 15.9. The van der Waals surface area contributed by atoms with Gasteiger partial charge in [0.05, 0.1) is 32.6 Å². The minimum Gasteiger partial charge on any atom is -0.490 e. The second-order valence-corrected chi connectivity index (χ2v) is 10.2. The lowest BCUT2D eigenvalue weighted by molar-refractivity contribution is -0.150. The third-order valence-electron chi connectivity index (χ3n) is 5.62. The molecule has 1 fully saturated rings. The maximum Gasteiger partial charge on any atom is 0.247 e. The Hall–Kier alpha value is -2.86. The molecule has 0 aliphatic carbocycles. The van der Waals surface area contributed by atoms with Crippen molar-refractivity contribution in [2.45, 2.75) is 32.7 Å². The van der Waals surface area contributed by atoms with Crippen LogP contribution in [0.4, 0.5) is 0 Å². The number of rotatable bonds is 11. The number of ether oxygens (including phenoxy) is 2. The Morgan fingerprint density at radius 2 is 1.76 bits per heavy atom. The SMILES string of the molecule is CCOc1ccc(CCNC(=O)CNC(=O)C2(C)CN(S(C)(=O)=O)CC(=O)N2C)cc1OCC. The lowest BCUT2D eigenvalue weighted by atomic mass is 9.96. The van der Waals surface area contributed by atoms with Crippen molar-refractivity contribution in [2.75, 3.05) is 52.7 Å². The minimum atomic E-state index is -3.66. The summed E-state index contributed by atoms with van der Waals surface area (Å²) in [5, 5.41) is 5.24. The Morgan fingerprint density at radius 3 is 2.38 bits per heavy atom. The predicted octanol–water partition coefficient (Wildman–Crippen LogP) is -0.249. The van der Waals surface area contributed by atoms with E-state index < -0.39 is 33.3 Å². The zero-order valence-corrected chi connectivity index (χ0v) is 21.2. The Kier molecular flexibility index (Phi) is 9.28. The van der Waals surface area contributed by atoms with Crippen molar-refractivity contribution < 1.29 is 32.3 Å². The summed E-state index contributed by atoms with van der Waals surface area (Å²) in [5.74, 6) is -0.213. The number of nitrogens with one attached hydrogen (secondary N) is 2. The van der Waals surface area contributed by atoms with E-state index >= 15 is 0 Å². The molecule has 2 N–H and O–H groups in total. The molecule has 2 rings (SSSR count). The van der Waals surface area contributed by atoms with Gasteiger partial charge in [-0.05, 0) is 44.9 Å². The number of benzene rings is 1. The number of sulfonamides is 1. The number of nitrogens with zero attached hydrogens (tertiary/aromatic N) is 2. The lowest BCUT2D eigenvalue weighted by Crippen LogP contribution is -2.68. The molecule has 12 heteroatoms. The van der Waals surface area contributed by atoms with Crippen molar-refractivity contribution >= 4 is 27.7 Å². The summed E-state index contributed by atoms with van der Waals surface area (Å²) >= 11 is 0. The highest BCUT2D eigenvalue weighted by Gasteiger charge is 2.47. The summed E-state index contributed by atoms with van der Waals surface area (Å²) in [6.45, 7) is 5.79. The number of likely N-dealkylation sites (N-methyl/N-ethyl adjacent to an activating group) is 1. The highest BCUT2D eigenvalue weighted by atomic mass is 32.2. The Balaban J connectivity index is 1.89. The van der Waals surface area contributed by atoms with Gasteiger partial charge in [-0.25, -0.2) is 8.42 Å². The van der Waals surface area contributed by atoms with Gasteiger partial charge >= 0.3 is 0 Å². The second kappa shape index (κ2) is 11.5. The fourth-order valence-electron chi connectivity index (χ4n) is 3.51. The van der Waals surface area contributed by atoms with Crippen molar-refractivity contribution in [1.29, 1.82) is 0 Å². The number of hydrogen-bond donors (Lipinski definition) is 2. The maximum absolute atomic E-state index is 12.8. The molecule has 1 aromatic carbocycles. The summed E-state index contributed by atoms with van der Waals surface area (Å²) in [7, 11) is -2.22. The molecular weight excluding hydrogens is 464 g/mol. The maximum atomic E-state index is 12.8. The van der Waals surface area contributed by atoms with E-state index in [1.54, 1.807) is 0 Å². The number of piperazine rings is 1. The topological polar surface area (TPSA) is 134 Å². The third-order valence-corrected chi connectivity index (χ3v) is 6.82. The number of hydrogen-bond acceptors (Lipinski definition) is 7. The molecule has 3 amide bonds. The summed E-state index contributed by atoms with van der Waals surface area (Å²) in [4.78, 5) is 38.5. The largest absolute Gasteiger partial charge is 0.490 e. The van der Waals surface area contributed by atoms with Gasteiger partial charge < -0.3 is 25.0 Å². The molecule has 1 atom stereocenters. The zero-order valence-electron chi connectivity index (χ0n) is 20.3. The highest BCUT2D eigenvalue weighted by molar-refractivity contribution is 7.88. The molecule has 0 bridgehead atoms. The molecular formula is C22H34N4O7S. The summed E-state index contributed by atoms with van der Waals surface area (Å²) in [5.41, 5.74) is -0.483. The van der Waals surface area contributed by atoms with Crippen LogP contribution in [0.1, 0.15) is 26.3 Å². The fourth-order valence-corrected chi connectivity index (χ4v) is 4.34. The van der Waals surface area contributed by atoms with Gasteiger partial charge in [0.25, 0.3) is 0 Å². The minimum absolute atomic E-state index is 0.193. The van der Waals surface area contributed by atoms with Crippen LogP contribution in [0.5, 0.6) is 11.5 Å². The van der Waals surface area contributed by atoms with Crippen molar-refractivity contribution in [3.63, 3.8) is 0 Å². The van der Waals surface area contributed by atoms with Crippen molar-refractivity contribution in [1.82, 2.24) is 19.8 Å². The van der Waals surface area contributed by atoms with Gasteiger partial charge in [-0.1, -0.05) is 6.07 Å². The third kappa shape index (κ3) is 6.83. The standard InChI is InChI=1S/C22H34N4O7S/c1-6-32-17-9-8-16(12-18(17)33-7-2)10-11-23-19(27)13-24-21(29)22(3)15-26(34(5,30)31)14-20(28)25(22)4/h8-9,12H,6-7,10-11,13-15H2,1-5H3,(H,23,27)(H,24,29). The van der Waals surface area contributed by atoms with Gasteiger partial charge in [0, 0.05) is 20.1 Å². The molecule has 1 unspecified atom stereocenters. The van der Waals surface area contributed by atoms with Crippen LogP contribution in [0, 0.1) is 0 Å². The number of carbonyl (C=O) groups excluding carboxylic acids is 3. The normalized spacial score (nSPS) is 19.0. The molecule has 0 radical (unpaired) electrons. The molecule has 34 heavy (non-hydrogen) atoms. The van der Waals surface area contributed by atoms with Crippen molar-refractivity contribution in [2.24, 2.45) is 0 Å². The van der Waals surface area contributed by atoms with Crippen molar-refractivity contribution in [3.8, 4) is 11.5 Å². The Labute approximate surface area is 200 Å². The van der Waals surface area contributed by atoms with Crippen molar-refractivity contribution in [3.05, 3.63) is 23.8 Å². The molecule has 11 nitrogen and oxygen atoms in total. The van der Waals surface area contributed by atoms with E-state index in [4.69, 9.17) is 9.47 Å². The van der Waals surface area contributed by atoms with Gasteiger partial charge in [0.15, 0.2) is 11.5 Å². The first-order valence-electron chi connectivity index (χ1n) is 11.1. The van der Waals surface area contributed by atoms with Crippen LogP contribution >= 0.6 is 0 Å². The molecule has 1 heterocycles. The molecule has 1 aliphatic rings. The molecule has 0 saturated carbocycles. The van der Waals surface area contributed by atoms with E-state index in [0.717, 1.165) is 16.1 Å². The highest BCUT2D eigenvalue weighted by Crippen LogP contribution is 2.28. The molecule has 0 spiro atoms. The quantitative estimate of drug-likeness (QED) is 0.430. The van der Waals surface area contributed by atoms with Gasteiger partial charge in [0.2, 0.25) is 27.7 Å². The van der Waals surface area contributed by atoms with Gasteiger partial charge in [-0.2, -0.15) is 4.31 Å². The smallest absolute Gasteiger partial charge is 0.247 e. The van der Waals surface area contributed by atoms with Crippen LogP contribution in [-0.4, -0.2) is 93.6 Å². The Morgan fingerprint density at radius 1 is 1.12 bits per heavy atom. The first kappa shape index (κ1) is 27.4. The second-order valence-electron chi connectivity index (χ2n) is 8.19. The monoisotopic (exact) mass is 498 g/mol. The van der Waals surface area contributed by atoms with E-state index in [-0.39, 0.29) is 19.6 Å². The fraction of sp³-hybridized carbons (Fsp3) is 0.591. The van der Waals surface area contributed by atoms with Crippen LogP contribution in [0.2, 0.25) is 0 Å². The van der Waals surface area contributed by atoms with Crippen LogP contribution in [-0.2, 0) is 30.8 Å². The van der Waals surface area contributed by atoms with Crippen LogP contribution < -0.4 is 20.1 Å². The molecule has 1 aromatic rings. The average molecular weight is 499 g/mol. The summed E-state index contributed by atoms with van der Waals surface area (Å²) in [6.07, 6.45) is 1.53. The summed E-state index contributed by atoms with van der Waals surface area (Å²) in [6, 6.07) is 5.59. The van der Waals surface area contributed by atoms with E-state index in [9.17, 15) is 22.8 Å². The number of carbonyl (C=O) groups is 3. The van der Waals surface area contributed by atoms with Crippen LogP contribution in [0.3, 0.4) is 0 Å². The van der Waals surface area contributed by atoms with Crippen LogP contribution in [0.15, 0.2) is 18.2 Å². The van der Waals surface area contributed by atoms with Gasteiger partial charge in [-0.15, -0.1) is 0 Å². The van der Waals surface area contributed by atoms with E-state index in [1.165, 1.54) is 18.9 Å². The molecule has 0 aromatic heterocycles. The van der Waals surface area contributed by atoms with Crippen LogP contribution in [0.25, 0.3) is 0 Å². The average Bonchev–Trinajstić information content (AvgIpc) is 2.76. The molecule has 190 valence electrons. The van der Waals surface area contributed by atoms with E-state index in [0.29, 0.717) is 37.7 Å². The Bertz CT molecular complexity index is 1010. The number of amides is 3. The van der Waals surface area contributed by atoms with E-state index in [2.05, 4.69) is 10.6 Å². The van der Waals surface area contributed by atoms with Gasteiger partial charge in [-0.3, -0.25) is 14.4 Å². The lowest BCUT2D eigenvalue weighted by Gasteiger charge is -2.44. The first-order valence-corrected chi connectivity index (χ1v) is 12.9. The van der Waals surface area contributed by atoms with E-state index in [1.807, 2.05) is 32.0 Å². The zero-order chi connectivity index (χ0) is 25.5. The molecule has 1 aliphatic heterocycles. The molecule has 1 saturated heterocycles. The summed E-state index contributed by atoms with van der Waals surface area (Å²) < 4.78 is 35.9.